The zero-order valence-corrected chi connectivity index (χ0v) is 17.2. The van der Waals surface area contributed by atoms with Crippen LogP contribution in [0.15, 0.2) is 24.3 Å². The number of nitrogens with one attached hydrogen (secondary N) is 1. The molecule has 0 bridgehead atoms. The van der Waals surface area contributed by atoms with Crippen LogP contribution in [0.2, 0.25) is 0 Å². The highest BCUT2D eigenvalue weighted by Gasteiger charge is 2.32. The number of thiophene rings is 1. The standard InChI is InChI=1S/C22H26N2O2S/c1-14-6-5-7-16(10-14)26-13-20(25)24-21-18(12-23)17-9-8-15(22(2,3)4)11-19(17)27-21/h5-7,10,15H,8-9,11,13H2,1-4H3,(H,24,25)/t15-/m0/s1. The number of carbonyl (C=O) groups excluding carboxylic acids is 1. The van der Waals surface area contributed by atoms with Crippen molar-refractivity contribution < 1.29 is 9.53 Å². The molecule has 0 unspecified atom stereocenters. The molecule has 1 N–H and O–H groups in total. The molecule has 1 atom stereocenters. The van der Waals surface area contributed by atoms with E-state index in [1.54, 1.807) is 11.3 Å². The lowest BCUT2D eigenvalue weighted by Crippen LogP contribution is -2.26. The van der Waals surface area contributed by atoms with Gasteiger partial charge < -0.3 is 10.1 Å². The van der Waals surface area contributed by atoms with Crippen LogP contribution in [0.5, 0.6) is 5.75 Å². The number of anilines is 1. The smallest absolute Gasteiger partial charge is 0.262 e. The molecule has 142 valence electrons. The largest absolute Gasteiger partial charge is 0.484 e. The van der Waals surface area contributed by atoms with Gasteiger partial charge >= 0.3 is 0 Å². The molecular weight excluding hydrogens is 356 g/mol. The van der Waals surface area contributed by atoms with Gasteiger partial charge in [-0.2, -0.15) is 5.26 Å². The van der Waals surface area contributed by atoms with E-state index in [1.807, 2.05) is 31.2 Å². The lowest BCUT2D eigenvalue weighted by atomic mass is 9.72. The predicted molar refractivity (Wildman–Crippen MR) is 109 cm³/mol. The van der Waals surface area contributed by atoms with E-state index in [4.69, 9.17) is 4.74 Å². The van der Waals surface area contributed by atoms with Crippen molar-refractivity contribution in [3.63, 3.8) is 0 Å². The molecular formula is C22H26N2O2S. The van der Waals surface area contributed by atoms with E-state index in [2.05, 4.69) is 32.2 Å². The van der Waals surface area contributed by atoms with E-state index in [0.29, 0.717) is 22.2 Å². The SMILES string of the molecule is Cc1cccc(OCC(=O)Nc2sc3c(c2C#N)CC[C@H](C(C)(C)C)C3)c1. The average Bonchev–Trinajstić information content (AvgIpc) is 2.95. The maximum absolute atomic E-state index is 12.3. The lowest BCUT2D eigenvalue weighted by molar-refractivity contribution is -0.118. The van der Waals surface area contributed by atoms with Crippen molar-refractivity contribution in [1.29, 1.82) is 5.26 Å². The first-order valence-corrected chi connectivity index (χ1v) is 10.1. The molecule has 0 fully saturated rings. The second-order valence-corrected chi connectivity index (χ2v) is 9.38. The Labute approximate surface area is 165 Å². The minimum Gasteiger partial charge on any atom is -0.484 e. The Balaban J connectivity index is 1.69. The summed E-state index contributed by atoms with van der Waals surface area (Å²) in [5.41, 5.74) is 3.09. The van der Waals surface area contributed by atoms with Gasteiger partial charge in [0.15, 0.2) is 6.61 Å². The first-order chi connectivity index (χ1) is 12.8. The molecule has 0 saturated heterocycles. The van der Waals surface area contributed by atoms with E-state index in [-0.39, 0.29) is 17.9 Å². The predicted octanol–water partition coefficient (Wildman–Crippen LogP) is 5.10. The Kier molecular flexibility index (Phi) is 5.57. The van der Waals surface area contributed by atoms with Gasteiger partial charge in [-0.05, 0) is 60.8 Å². The summed E-state index contributed by atoms with van der Waals surface area (Å²) in [6.07, 6.45) is 2.98. The number of rotatable bonds is 4. The molecule has 27 heavy (non-hydrogen) atoms. The van der Waals surface area contributed by atoms with Crippen LogP contribution in [-0.2, 0) is 17.6 Å². The lowest BCUT2D eigenvalue weighted by Gasteiger charge is -2.33. The van der Waals surface area contributed by atoms with Crippen molar-refractivity contribution in [3.8, 4) is 11.8 Å². The van der Waals surface area contributed by atoms with Gasteiger partial charge in [0, 0.05) is 4.88 Å². The molecule has 0 aliphatic heterocycles. The summed E-state index contributed by atoms with van der Waals surface area (Å²) in [6, 6.07) is 9.90. The van der Waals surface area contributed by atoms with Crippen LogP contribution in [0, 0.1) is 29.6 Å². The summed E-state index contributed by atoms with van der Waals surface area (Å²) < 4.78 is 5.57. The molecule has 4 nitrogen and oxygen atoms in total. The maximum atomic E-state index is 12.3. The zero-order valence-electron chi connectivity index (χ0n) is 16.4. The van der Waals surface area contributed by atoms with E-state index in [1.165, 1.54) is 4.88 Å². The quantitative estimate of drug-likeness (QED) is 0.800. The summed E-state index contributed by atoms with van der Waals surface area (Å²) in [4.78, 5) is 13.6. The number of ether oxygens (including phenoxy) is 1. The van der Waals surface area contributed by atoms with Crippen molar-refractivity contribution in [1.82, 2.24) is 0 Å². The zero-order chi connectivity index (χ0) is 19.6. The van der Waals surface area contributed by atoms with Crippen LogP contribution < -0.4 is 10.1 Å². The van der Waals surface area contributed by atoms with Gasteiger partial charge in [-0.3, -0.25) is 4.79 Å². The van der Waals surface area contributed by atoms with E-state index in [0.717, 1.165) is 30.4 Å². The Morgan fingerprint density at radius 3 is 2.85 bits per heavy atom. The minimum absolute atomic E-state index is 0.0680. The van der Waals surface area contributed by atoms with Gasteiger partial charge in [0.05, 0.1) is 5.56 Å². The number of nitriles is 1. The highest BCUT2D eigenvalue weighted by atomic mass is 32.1. The number of fused-ring (bicyclic) bond motifs is 1. The van der Waals surface area contributed by atoms with Crippen LogP contribution in [0.3, 0.4) is 0 Å². The Hall–Kier alpha value is -2.32. The van der Waals surface area contributed by atoms with Crippen molar-refractivity contribution >= 4 is 22.2 Å². The van der Waals surface area contributed by atoms with Gasteiger partial charge in [-0.1, -0.05) is 32.9 Å². The van der Waals surface area contributed by atoms with Gasteiger partial charge in [0.2, 0.25) is 0 Å². The van der Waals surface area contributed by atoms with Crippen LogP contribution in [0.4, 0.5) is 5.00 Å². The first kappa shape index (κ1) is 19.4. The number of carbonyl (C=O) groups is 1. The summed E-state index contributed by atoms with van der Waals surface area (Å²) in [7, 11) is 0. The highest BCUT2D eigenvalue weighted by Crippen LogP contribution is 2.43. The second-order valence-electron chi connectivity index (χ2n) is 8.28. The van der Waals surface area contributed by atoms with Crippen molar-refractivity contribution in [2.24, 2.45) is 11.3 Å². The summed E-state index contributed by atoms with van der Waals surface area (Å²) in [5, 5.41) is 13.2. The Morgan fingerprint density at radius 1 is 1.41 bits per heavy atom. The third kappa shape index (κ3) is 4.51. The minimum atomic E-state index is -0.237. The van der Waals surface area contributed by atoms with Crippen LogP contribution in [0.1, 0.15) is 48.8 Å². The van der Waals surface area contributed by atoms with Crippen molar-refractivity contribution in [2.75, 3.05) is 11.9 Å². The van der Waals surface area contributed by atoms with Gasteiger partial charge in [0.1, 0.15) is 16.8 Å². The van der Waals surface area contributed by atoms with Crippen LogP contribution >= 0.6 is 11.3 Å². The van der Waals surface area contributed by atoms with E-state index in [9.17, 15) is 10.1 Å². The second kappa shape index (κ2) is 7.74. The van der Waals surface area contributed by atoms with E-state index >= 15 is 0 Å². The maximum Gasteiger partial charge on any atom is 0.262 e. The average molecular weight is 383 g/mol. The molecule has 1 heterocycles. The molecule has 1 aromatic carbocycles. The summed E-state index contributed by atoms with van der Waals surface area (Å²) >= 11 is 1.55. The monoisotopic (exact) mass is 382 g/mol. The van der Waals surface area contributed by atoms with E-state index < -0.39 is 0 Å². The molecule has 0 saturated carbocycles. The van der Waals surface area contributed by atoms with Crippen molar-refractivity contribution in [3.05, 3.63) is 45.8 Å². The summed E-state index contributed by atoms with van der Waals surface area (Å²) in [6.45, 7) is 8.72. The molecule has 0 spiro atoms. The van der Waals surface area contributed by atoms with Gasteiger partial charge in [-0.25, -0.2) is 0 Å². The number of aryl methyl sites for hydroxylation is 1. The van der Waals surface area contributed by atoms with Gasteiger partial charge in [0.25, 0.3) is 5.91 Å². The van der Waals surface area contributed by atoms with Gasteiger partial charge in [-0.15, -0.1) is 11.3 Å². The number of nitrogens with zero attached hydrogens (tertiary/aromatic N) is 1. The molecule has 3 rings (SSSR count). The fraction of sp³-hybridized carbons (Fsp3) is 0.455. The van der Waals surface area contributed by atoms with Crippen LogP contribution in [0.25, 0.3) is 0 Å². The third-order valence-corrected chi connectivity index (χ3v) is 6.38. The molecule has 1 aromatic heterocycles. The Bertz CT molecular complexity index is 887. The fourth-order valence-electron chi connectivity index (χ4n) is 3.55. The third-order valence-electron chi connectivity index (χ3n) is 5.21. The highest BCUT2D eigenvalue weighted by molar-refractivity contribution is 7.16. The van der Waals surface area contributed by atoms with Crippen molar-refractivity contribution in [2.45, 2.75) is 47.0 Å². The fourth-order valence-corrected chi connectivity index (χ4v) is 4.84. The first-order valence-electron chi connectivity index (χ1n) is 9.32. The topological polar surface area (TPSA) is 62.1 Å². The normalized spacial score (nSPS) is 16.3. The Morgan fingerprint density at radius 2 is 2.19 bits per heavy atom. The molecule has 5 heteroatoms. The molecule has 1 aliphatic rings. The number of benzene rings is 1. The molecule has 0 radical (unpaired) electrons. The number of hydrogen-bond donors (Lipinski definition) is 1. The molecule has 1 aliphatic carbocycles. The van der Waals surface area contributed by atoms with Crippen LogP contribution in [-0.4, -0.2) is 12.5 Å². The number of hydrogen-bond acceptors (Lipinski definition) is 4. The summed E-state index contributed by atoms with van der Waals surface area (Å²) in [5.74, 6) is 1.03. The number of amides is 1. The molecule has 1 amide bonds. The molecule has 2 aromatic rings.